The van der Waals surface area contributed by atoms with Crippen molar-refractivity contribution in [3.05, 3.63) is 57.8 Å². The summed E-state index contributed by atoms with van der Waals surface area (Å²) in [5, 5.41) is 3.28. The highest BCUT2D eigenvalue weighted by atomic mass is 35.5. The largest absolute Gasteiger partial charge is 0.396 e. The van der Waals surface area contributed by atoms with E-state index >= 15 is 0 Å². The Balaban J connectivity index is 2.08. The number of anilines is 1. The molecule has 2 rings (SSSR count). The number of carbonyl (C=O) groups is 1. The van der Waals surface area contributed by atoms with E-state index in [1.54, 1.807) is 18.5 Å². The summed E-state index contributed by atoms with van der Waals surface area (Å²) in [6, 6.07) is 6.65. The SMILES string of the molecule is Nc1c(Cl)cc(C(=O)NCc2cccnc2)cc1Cl. The summed E-state index contributed by atoms with van der Waals surface area (Å²) in [7, 11) is 0. The minimum Gasteiger partial charge on any atom is -0.396 e. The van der Waals surface area contributed by atoms with E-state index in [-0.39, 0.29) is 21.6 Å². The van der Waals surface area contributed by atoms with E-state index in [4.69, 9.17) is 28.9 Å². The van der Waals surface area contributed by atoms with Crippen molar-refractivity contribution in [2.45, 2.75) is 6.54 Å². The van der Waals surface area contributed by atoms with Crippen molar-refractivity contribution in [1.82, 2.24) is 10.3 Å². The molecular weight excluding hydrogens is 285 g/mol. The Hall–Kier alpha value is -1.78. The molecular formula is C13H11Cl2N3O. The monoisotopic (exact) mass is 295 g/mol. The van der Waals surface area contributed by atoms with Gasteiger partial charge in [0.15, 0.2) is 0 Å². The molecule has 0 atom stereocenters. The molecule has 0 aliphatic rings. The van der Waals surface area contributed by atoms with Gasteiger partial charge in [0.2, 0.25) is 0 Å². The lowest BCUT2D eigenvalue weighted by molar-refractivity contribution is 0.0951. The normalized spacial score (nSPS) is 10.2. The van der Waals surface area contributed by atoms with Crippen LogP contribution in [0.2, 0.25) is 10.0 Å². The van der Waals surface area contributed by atoms with E-state index in [2.05, 4.69) is 10.3 Å². The molecule has 0 unspecified atom stereocenters. The van der Waals surface area contributed by atoms with Crippen molar-refractivity contribution in [2.75, 3.05) is 5.73 Å². The Morgan fingerprint density at radius 1 is 1.32 bits per heavy atom. The predicted molar refractivity (Wildman–Crippen MR) is 76.3 cm³/mol. The van der Waals surface area contributed by atoms with Gasteiger partial charge in [-0.3, -0.25) is 9.78 Å². The van der Waals surface area contributed by atoms with Crippen LogP contribution in [0.15, 0.2) is 36.7 Å². The molecule has 2 aromatic rings. The Bertz CT molecular complexity index is 579. The molecule has 3 N–H and O–H groups in total. The zero-order chi connectivity index (χ0) is 13.8. The molecule has 1 heterocycles. The number of nitrogens with zero attached hydrogens (tertiary/aromatic N) is 1. The Labute approximate surface area is 120 Å². The molecule has 0 aliphatic heterocycles. The Morgan fingerprint density at radius 3 is 2.58 bits per heavy atom. The number of amides is 1. The predicted octanol–water partition coefficient (Wildman–Crippen LogP) is 2.90. The van der Waals surface area contributed by atoms with Crippen LogP contribution >= 0.6 is 23.2 Å². The highest BCUT2D eigenvalue weighted by Crippen LogP contribution is 2.28. The molecule has 19 heavy (non-hydrogen) atoms. The van der Waals surface area contributed by atoms with Crippen LogP contribution in [0.4, 0.5) is 5.69 Å². The minimum atomic E-state index is -0.271. The molecule has 0 spiro atoms. The van der Waals surface area contributed by atoms with Crippen molar-refractivity contribution in [3.63, 3.8) is 0 Å². The van der Waals surface area contributed by atoms with Crippen LogP contribution in [0.3, 0.4) is 0 Å². The van der Waals surface area contributed by atoms with Crippen LogP contribution in [0, 0.1) is 0 Å². The van der Waals surface area contributed by atoms with Crippen LogP contribution in [-0.4, -0.2) is 10.9 Å². The first kappa shape index (κ1) is 13.6. The molecule has 0 aliphatic carbocycles. The second-order valence-electron chi connectivity index (χ2n) is 3.90. The lowest BCUT2D eigenvalue weighted by atomic mass is 10.2. The minimum absolute atomic E-state index is 0.263. The van der Waals surface area contributed by atoms with E-state index in [1.165, 1.54) is 12.1 Å². The number of hydrogen-bond donors (Lipinski definition) is 2. The van der Waals surface area contributed by atoms with Gasteiger partial charge in [-0.05, 0) is 23.8 Å². The summed E-state index contributed by atoms with van der Waals surface area (Å²) in [6.07, 6.45) is 3.36. The number of nitrogen functional groups attached to an aromatic ring is 1. The van der Waals surface area contributed by atoms with Gasteiger partial charge in [0.1, 0.15) is 0 Å². The van der Waals surface area contributed by atoms with Crippen molar-refractivity contribution in [2.24, 2.45) is 0 Å². The molecule has 1 aromatic carbocycles. The maximum atomic E-state index is 11.9. The van der Waals surface area contributed by atoms with Crippen molar-refractivity contribution in [3.8, 4) is 0 Å². The fourth-order valence-electron chi connectivity index (χ4n) is 1.50. The first-order chi connectivity index (χ1) is 9.08. The van der Waals surface area contributed by atoms with Crippen molar-refractivity contribution >= 4 is 34.8 Å². The average Bonchev–Trinajstić information content (AvgIpc) is 2.42. The molecule has 0 fully saturated rings. The summed E-state index contributed by atoms with van der Waals surface area (Å²) in [4.78, 5) is 15.9. The molecule has 0 saturated heterocycles. The number of carbonyl (C=O) groups excluding carboxylic acids is 1. The van der Waals surface area contributed by atoms with Gasteiger partial charge >= 0.3 is 0 Å². The second-order valence-corrected chi connectivity index (χ2v) is 4.71. The molecule has 6 heteroatoms. The Kier molecular flexibility index (Phi) is 4.24. The summed E-state index contributed by atoms with van der Waals surface area (Å²) in [6.45, 7) is 0.381. The quantitative estimate of drug-likeness (QED) is 0.856. The van der Waals surface area contributed by atoms with Gasteiger partial charge in [-0.1, -0.05) is 29.3 Å². The number of benzene rings is 1. The van der Waals surface area contributed by atoms with Gasteiger partial charge in [-0.15, -0.1) is 0 Å². The third-order valence-corrected chi connectivity index (χ3v) is 3.14. The van der Waals surface area contributed by atoms with E-state index in [9.17, 15) is 4.79 Å². The van der Waals surface area contributed by atoms with Crippen molar-refractivity contribution in [1.29, 1.82) is 0 Å². The Morgan fingerprint density at radius 2 is 2.00 bits per heavy atom. The van der Waals surface area contributed by atoms with E-state index < -0.39 is 0 Å². The highest BCUT2D eigenvalue weighted by molar-refractivity contribution is 6.39. The highest BCUT2D eigenvalue weighted by Gasteiger charge is 2.10. The topological polar surface area (TPSA) is 68.0 Å². The number of aromatic nitrogens is 1. The molecule has 98 valence electrons. The molecule has 0 bridgehead atoms. The third-order valence-electron chi connectivity index (χ3n) is 2.52. The van der Waals surface area contributed by atoms with Gasteiger partial charge in [-0.2, -0.15) is 0 Å². The number of halogens is 2. The maximum Gasteiger partial charge on any atom is 0.251 e. The number of hydrogen-bond acceptors (Lipinski definition) is 3. The zero-order valence-corrected chi connectivity index (χ0v) is 11.4. The van der Waals surface area contributed by atoms with E-state index in [0.29, 0.717) is 12.1 Å². The van der Waals surface area contributed by atoms with Crippen LogP contribution in [0.25, 0.3) is 0 Å². The zero-order valence-electron chi connectivity index (χ0n) is 9.86. The van der Waals surface area contributed by atoms with Crippen molar-refractivity contribution < 1.29 is 4.79 Å². The number of nitrogens with two attached hydrogens (primary N) is 1. The molecule has 0 radical (unpaired) electrons. The first-order valence-electron chi connectivity index (χ1n) is 5.49. The molecule has 1 aromatic heterocycles. The molecule has 4 nitrogen and oxygen atoms in total. The fraction of sp³-hybridized carbons (Fsp3) is 0.0769. The van der Waals surface area contributed by atoms with Gasteiger partial charge in [0.25, 0.3) is 5.91 Å². The third kappa shape index (κ3) is 3.36. The number of nitrogens with one attached hydrogen (secondary N) is 1. The second kappa shape index (κ2) is 5.91. The lowest BCUT2D eigenvalue weighted by Gasteiger charge is -2.07. The smallest absolute Gasteiger partial charge is 0.251 e. The fourth-order valence-corrected chi connectivity index (χ4v) is 1.99. The van der Waals surface area contributed by atoms with Gasteiger partial charge in [0.05, 0.1) is 15.7 Å². The van der Waals surface area contributed by atoms with Crippen LogP contribution in [0.5, 0.6) is 0 Å². The van der Waals surface area contributed by atoms with Gasteiger partial charge in [-0.25, -0.2) is 0 Å². The van der Waals surface area contributed by atoms with Crippen LogP contribution in [-0.2, 0) is 6.54 Å². The lowest BCUT2D eigenvalue weighted by Crippen LogP contribution is -2.22. The van der Waals surface area contributed by atoms with Gasteiger partial charge < -0.3 is 11.1 Å². The average molecular weight is 296 g/mol. The summed E-state index contributed by atoms with van der Waals surface area (Å²) in [5.74, 6) is -0.271. The summed E-state index contributed by atoms with van der Waals surface area (Å²) in [5.41, 5.74) is 7.16. The molecule has 0 saturated carbocycles. The van der Waals surface area contributed by atoms with Crippen LogP contribution < -0.4 is 11.1 Å². The number of rotatable bonds is 3. The van der Waals surface area contributed by atoms with E-state index in [0.717, 1.165) is 5.56 Å². The first-order valence-corrected chi connectivity index (χ1v) is 6.25. The summed E-state index contributed by atoms with van der Waals surface area (Å²) < 4.78 is 0. The standard InChI is InChI=1S/C13H11Cl2N3O/c14-10-4-9(5-11(15)12(10)16)13(19)18-7-8-2-1-3-17-6-8/h1-6H,7,16H2,(H,18,19). The van der Waals surface area contributed by atoms with E-state index in [1.807, 2.05) is 6.07 Å². The van der Waals surface area contributed by atoms with Crippen LogP contribution in [0.1, 0.15) is 15.9 Å². The summed E-state index contributed by atoms with van der Waals surface area (Å²) >= 11 is 11.8. The van der Waals surface area contributed by atoms with Gasteiger partial charge in [0, 0.05) is 24.5 Å². The number of pyridine rings is 1. The maximum absolute atomic E-state index is 11.9. The molecule has 1 amide bonds.